The second-order valence-corrected chi connectivity index (χ2v) is 6.30. The number of hydrogen-bond donors (Lipinski definition) is 0. The summed E-state index contributed by atoms with van der Waals surface area (Å²) in [4.78, 5) is 0. The maximum atomic E-state index is 5.81. The summed E-state index contributed by atoms with van der Waals surface area (Å²) in [5.74, 6) is 0. The lowest BCUT2D eigenvalue weighted by Crippen LogP contribution is -2.26. The molecule has 1 unspecified atom stereocenters. The minimum absolute atomic E-state index is 0.335. The Kier molecular flexibility index (Phi) is 4.61. The molecule has 14 heavy (non-hydrogen) atoms. The van der Waals surface area contributed by atoms with E-state index in [1.165, 1.54) is 5.56 Å². The average Bonchev–Trinajstić information content (AvgIpc) is 2.20. The lowest BCUT2D eigenvalue weighted by Gasteiger charge is -2.18. The van der Waals surface area contributed by atoms with Crippen molar-refractivity contribution in [1.82, 2.24) is 0 Å². The molecule has 1 aromatic rings. The van der Waals surface area contributed by atoms with Crippen LogP contribution in [0.1, 0.15) is 18.0 Å². The summed E-state index contributed by atoms with van der Waals surface area (Å²) < 4.78 is 10.7. The summed E-state index contributed by atoms with van der Waals surface area (Å²) in [5, 5.41) is 0.758. The summed E-state index contributed by atoms with van der Waals surface area (Å²) in [6, 6.07) is 7.82. The number of rotatable bonds is 4. The second kappa shape index (κ2) is 5.51. The molecule has 1 rings (SSSR count). The minimum atomic E-state index is -1.57. The normalized spacial score (nSPS) is 13.2. The van der Waals surface area contributed by atoms with Crippen molar-refractivity contribution >= 4 is 20.9 Å². The van der Waals surface area contributed by atoms with E-state index in [1.54, 1.807) is 14.2 Å². The highest BCUT2D eigenvalue weighted by Gasteiger charge is 2.21. The number of hydrogen-bond acceptors (Lipinski definition) is 2. The highest BCUT2D eigenvalue weighted by molar-refractivity contribution is 6.46. The van der Waals surface area contributed by atoms with Crippen LogP contribution in [-0.4, -0.2) is 23.5 Å². The van der Waals surface area contributed by atoms with E-state index in [1.807, 2.05) is 24.3 Å². The Morgan fingerprint density at radius 1 is 1.14 bits per heavy atom. The molecule has 4 heteroatoms. The van der Waals surface area contributed by atoms with Gasteiger partial charge in [-0.05, 0) is 17.7 Å². The molecule has 0 bridgehead atoms. The van der Waals surface area contributed by atoms with Crippen LogP contribution in [0.15, 0.2) is 24.3 Å². The van der Waals surface area contributed by atoms with Crippen molar-refractivity contribution in [3.8, 4) is 0 Å². The van der Waals surface area contributed by atoms with E-state index in [-0.39, 0.29) is 0 Å². The van der Waals surface area contributed by atoms with Gasteiger partial charge in [-0.15, -0.1) is 0 Å². The molecular formula is C10H15ClO2Si. The lowest BCUT2D eigenvalue weighted by molar-refractivity contribution is 0.269. The molecule has 0 aromatic heterocycles. The average molecular weight is 231 g/mol. The minimum Gasteiger partial charge on any atom is -0.400 e. The van der Waals surface area contributed by atoms with Gasteiger partial charge in [0.25, 0.3) is 0 Å². The molecule has 1 aromatic carbocycles. The molecule has 0 saturated heterocycles. The second-order valence-electron chi connectivity index (χ2n) is 3.18. The van der Waals surface area contributed by atoms with Crippen molar-refractivity contribution in [2.45, 2.75) is 12.5 Å². The van der Waals surface area contributed by atoms with Gasteiger partial charge < -0.3 is 8.85 Å². The van der Waals surface area contributed by atoms with Crippen LogP contribution in [0.3, 0.4) is 0 Å². The third kappa shape index (κ3) is 2.82. The van der Waals surface area contributed by atoms with Gasteiger partial charge in [0.15, 0.2) is 0 Å². The Bertz CT molecular complexity index is 272. The van der Waals surface area contributed by atoms with Crippen molar-refractivity contribution in [3.63, 3.8) is 0 Å². The van der Waals surface area contributed by atoms with Crippen LogP contribution in [-0.2, 0) is 8.85 Å². The third-order valence-electron chi connectivity index (χ3n) is 2.27. The van der Waals surface area contributed by atoms with Crippen LogP contribution < -0.4 is 0 Å². The fraction of sp³-hybridized carbons (Fsp3) is 0.400. The predicted molar refractivity (Wildman–Crippen MR) is 61.0 cm³/mol. The topological polar surface area (TPSA) is 18.5 Å². The predicted octanol–water partition coefficient (Wildman–Crippen LogP) is 2.50. The van der Waals surface area contributed by atoms with E-state index < -0.39 is 9.28 Å². The standard InChI is InChI=1S/C10H15ClO2Si/c1-8(14(12-2)13-3)9-4-6-10(11)7-5-9/h4-8,14H,1-3H3. The molecule has 0 heterocycles. The van der Waals surface area contributed by atoms with Crippen LogP contribution >= 0.6 is 11.6 Å². The van der Waals surface area contributed by atoms with Gasteiger partial charge in [0.05, 0.1) is 0 Å². The molecule has 0 radical (unpaired) electrons. The van der Waals surface area contributed by atoms with Gasteiger partial charge in [-0.3, -0.25) is 0 Å². The monoisotopic (exact) mass is 230 g/mol. The zero-order chi connectivity index (χ0) is 10.6. The molecule has 0 spiro atoms. The van der Waals surface area contributed by atoms with Crippen LogP contribution in [0.25, 0.3) is 0 Å². The van der Waals surface area contributed by atoms with Crippen molar-refractivity contribution < 1.29 is 8.85 Å². The first-order valence-corrected chi connectivity index (χ1v) is 6.49. The fourth-order valence-corrected chi connectivity index (χ4v) is 3.10. The molecule has 2 nitrogen and oxygen atoms in total. The van der Waals surface area contributed by atoms with Crippen LogP contribution in [0.4, 0.5) is 0 Å². The van der Waals surface area contributed by atoms with Gasteiger partial charge in [0.2, 0.25) is 0 Å². The summed E-state index contributed by atoms with van der Waals surface area (Å²) >= 11 is 5.81. The third-order valence-corrected chi connectivity index (χ3v) is 4.65. The Hall–Kier alpha value is -0.353. The maximum absolute atomic E-state index is 5.81. The molecule has 1 atom stereocenters. The molecule has 0 aliphatic rings. The van der Waals surface area contributed by atoms with Crippen molar-refractivity contribution in [2.24, 2.45) is 0 Å². The van der Waals surface area contributed by atoms with Crippen LogP contribution in [0.2, 0.25) is 5.02 Å². The zero-order valence-corrected chi connectivity index (χ0v) is 10.6. The van der Waals surface area contributed by atoms with Crippen molar-refractivity contribution in [3.05, 3.63) is 34.9 Å². The van der Waals surface area contributed by atoms with Gasteiger partial charge in [0.1, 0.15) is 0 Å². The van der Waals surface area contributed by atoms with E-state index in [0.717, 1.165) is 5.02 Å². The fourth-order valence-electron chi connectivity index (χ4n) is 1.43. The summed E-state index contributed by atoms with van der Waals surface area (Å²) in [6.45, 7) is 2.12. The van der Waals surface area contributed by atoms with Gasteiger partial charge >= 0.3 is 9.28 Å². The van der Waals surface area contributed by atoms with Gasteiger partial charge in [-0.25, -0.2) is 0 Å². The first-order chi connectivity index (χ1) is 6.69. The molecule has 78 valence electrons. The quantitative estimate of drug-likeness (QED) is 0.740. The van der Waals surface area contributed by atoms with E-state index in [2.05, 4.69) is 6.92 Å². The van der Waals surface area contributed by atoms with Crippen molar-refractivity contribution in [2.75, 3.05) is 14.2 Å². The van der Waals surface area contributed by atoms with Crippen LogP contribution in [0, 0.1) is 0 Å². The Morgan fingerprint density at radius 3 is 2.07 bits per heavy atom. The summed E-state index contributed by atoms with van der Waals surface area (Å²) in [7, 11) is 1.83. The molecule has 0 N–H and O–H groups in total. The van der Waals surface area contributed by atoms with Gasteiger partial charge in [-0.2, -0.15) is 0 Å². The van der Waals surface area contributed by atoms with E-state index in [9.17, 15) is 0 Å². The molecule has 0 amide bonds. The lowest BCUT2D eigenvalue weighted by atomic mass is 10.2. The Morgan fingerprint density at radius 2 is 1.64 bits per heavy atom. The molecule has 0 fully saturated rings. The molecule has 0 aliphatic carbocycles. The first kappa shape index (κ1) is 11.7. The summed E-state index contributed by atoms with van der Waals surface area (Å²) in [5.41, 5.74) is 1.55. The molecular weight excluding hydrogens is 216 g/mol. The van der Waals surface area contributed by atoms with E-state index in [0.29, 0.717) is 5.54 Å². The Labute approximate surface area is 91.6 Å². The maximum Gasteiger partial charge on any atom is 0.328 e. The van der Waals surface area contributed by atoms with E-state index >= 15 is 0 Å². The first-order valence-electron chi connectivity index (χ1n) is 4.50. The number of halogens is 1. The number of benzene rings is 1. The summed E-state index contributed by atoms with van der Waals surface area (Å²) in [6.07, 6.45) is 0. The molecule has 0 saturated carbocycles. The van der Waals surface area contributed by atoms with Crippen molar-refractivity contribution in [1.29, 1.82) is 0 Å². The molecule has 0 aliphatic heterocycles. The van der Waals surface area contributed by atoms with Gasteiger partial charge in [0, 0.05) is 24.8 Å². The SMILES string of the molecule is CO[SiH](OC)C(C)c1ccc(Cl)cc1. The van der Waals surface area contributed by atoms with E-state index in [4.69, 9.17) is 20.5 Å². The highest BCUT2D eigenvalue weighted by Crippen LogP contribution is 2.20. The zero-order valence-electron chi connectivity index (χ0n) is 8.66. The van der Waals surface area contributed by atoms with Gasteiger partial charge in [-0.1, -0.05) is 30.7 Å². The Balaban J connectivity index is 2.77. The highest BCUT2D eigenvalue weighted by atomic mass is 35.5. The smallest absolute Gasteiger partial charge is 0.328 e. The van der Waals surface area contributed by atoms with Crippen LogP contribution in [0.5, 0.6) is 0 Å². The largest absolute Gasteiger partial charge is 0.400 e.